The molecule has 2 heterocycles. The predicted octanol–water partition coefficient (Wildman–Crippen LogP) is 5.83. The van der Waals surface area contributed by atoms with Gasteiger partial charge in [-0.1, -0.05) is 29.8 Å². The number of amides is 2. The highest BCUT2D eigenvalue weighted by Crippen LogP contribution is 2.36. The van der Waals surface area contributed by atoms with Crippen molar-refractivity contribution < 1.29 is 22.8 Å². The Morgan fingerprint density at radius 3 is 2.64 bits per heavy atom. The summed E-state index contributed by atoms with van der Waals surface area (Å²) in [5.74, 6) is -0.588. The van der Waals surface area contributed by atoms with E-state index in [1.165, 1.54) is 18.5 Å². The molecule has 36 heavy (non-hydrogen) atoms. The van der Waals surface area contributed by atoms with Crippen molar-refractivity contribution in [2.24, 2.45) is 4.99 Å². The van der Waals surface area contributed by atoms with Crippen LogP contribution in [0.2, 0.25) is 5.02 Å². The SMILES string of the molecule is C=C/N=C(\C(Cl)=C(/C)C(=O)NCc1ncc(C(=O)Nc2ccc(Cl)c(C(F)(F)F)c2)s1)N1CCCC1. The van der Waals surface area contributed by atoms with Crippen molar-refractivity contribution in [1.82, 2.24) is 15.2 Å². The largest absolute Gasteiger partial charge is 0.417 e. The zero-order chi connectivity index (χ0) is 26.5. The molecule has 1 aromatic carbocycles. The number of aliphatic imine (C=N–C) groups is 1. The smallest absolute Gasteiger partial charge is 0.355 e. The summed E-state index contributed by atoms with van der Waals surface area (Å²) in [4.78, 5) is 35.6. The normalized spacial score (nSPS) is 14.9. The Hall–Kier alpha value is -2.89. The lowest BCUT2D eigenvalue weighted by Gasteiger charge is -2.20. The van der Waals surface area contributed by atoms with Crippen LogP contribution in [0, 0.1) is 0 Å². The van der Waals surface area contributed by atoms with E-state index >= 15 is 0 Å². The predicted molar refractivity (Wildman–Crippen MR) is 135 cm³/mol. The lowest BCUT2D eigenvalue weighted by atomic mass is 10.2. The number of anilines is 1. The van der Waals surface area contributed by atoms with Crippen LogP contribution in [0.25, 0.3) is 0 Å². The summed E-state index contributed by atoms with van der Waals surface area (Å²) in [6.07, 6.45) is 0.00727. The Kier molecular flexibility index (Phi) is 9.15. The Labute approximate surface area is 219 Å². The third-order valence-electron chi connectivity index (χ3n) is 5.19. The van der Waals surface area contributed by atoms with Crippen molar-refractivity contribution in [2.75, 3.05) is 18.4 Å². The van der Waals surface area contributed by atoms with Crippen LogP contribution in [-0.2, 0) is 17.5 Å². The average Bonchev–Trinajstić information content (AvgIpc) is 3.53. The first-order valence-corrected chi connectivity index (χ1v) is 12.3. The molecular weight excluding hydrogens is 538 g/mol. The maximum atomic E-state index is 13.0. The van der Waals surface area contributed by atoms with Crippen molar-refractivity contribution in [3.05, 3.63) is 68.3 Å². The van der Waals surface area contributed by atoms with Gasteiger partial charge in [-0.25, -0.2) is 9.98 Å². The summed E-state index contributed by atoms with van der Waals surface area (Å²) in [5, 5.41) is 5.26. The molecule has 0 saturated carbocycles. The fourth-order valence-electron chi connectivity index (χ4n) is 3.36. The van der Waals surface area contributed by atoms with E-state index in [-0.39, 0.29) is 27.7 Å². The molecule has 0 atom stereocenters. The van der Waals surface area contributed by atoms with Gasteiger partial charge in [0.15, 0.2) is 0 Å². The van der Waals surface area contributed by atoms with Gasteiger partial charge >= 0.3 is 6.18 Å². The topological polar surface area (TPSA) is 86.7 Å². The Bertz CT molecular complexity index is 1220. The van der Waals surface area contributed by atoms with Crippen molar-refractivity contribution in [1.29, 1.82) is 0 Å². The highest BCUT2D eigenvalue weighted by Gasteiger charge is 2.33. The molecule has 2 aromatic rings. The molecule has 192 valence electrons. The molecule has 0 unspecified atom stereocenters. The van der Waals surface area contributed by atoms with E-state index in [1.807, 2.05) is 4.90 Å². The molecule has 1 fully saturated rings. The van der Waals surface area contributed by atoms with Crippen LogP contribution >= 0.6 is 34.5 Å². The van der Waals surface area contributed by atoms with E-state index in [1.54, 1.807) is 6.92 Å². The second kappa shape index (κ2) is 11.9. The maximum absolute atomic E-state index is 13.0. The molecule has 1 aromatic heterocycles. The second-order valence-electron chi connectivity index (χ2n) is 7.72. The number of aromatic nitrogens is 1. The standard InChI is InChI=1S/C23H22Cl2F3N5O2S/c1-3-29-20(33-8-4-5-9-33)19(25)13(2)21(34)31-12-18-30-11-17(36-18)22(35)32-14-6-7-16(24)15(10-14)23(26,27)28/h3,6-7,10-11H,1,4-5,8-9,12H2,2H3,(H,31,34)(H,32,35)/b19-13-,29-20+. The molecule has 0 radical (unpaired) electrons. The first-order chi connectivity index (χ1) is 17.0. The molecule has 3 rings (SSSR count). The van der Waals surface area contributed by atoms with E-state index < -0.39 is 28.6 Å². The van der Waals surface area contributed by atoms with Gasteiger partial charge in [0.2, 0.25) is 5.91 Å². The zero-order valence-corrected chi connectivity index (χ0v) is 21.4. The maximum Gasteiger partial charge on any atom is 0.417 e. The van der Waals surface area contributed by atoms with Crippen molar-refractivity contribution in [3.63, 3.8) is 0 Å². The van der Waals surface area contributed by atoms with Crippen LogP contribution in [0.4, 0.5) is 18.9 Å². The van der Waals surface area contributed by atoms with Gasteiger partial charge in [-0.05, 0) is 38.0 Å². The molecule has 1 aliphatic heterocycles. The van der Waals surface area contributed by atoms with E-state index in [2.05, 4.69) is 27.2 Å². The van der Waals surface area contributed by atoms with Crippen molar-refractivity contribution >= 4 is 57.9 Å². The van der Waals surface area contributed by atoms with Gasteiger partial charge < -0.3 is 15.5 Å². The number of hydrogen-bond acceptors (Lipinski definition) is 5. The van der Waals surface area contributed by atoms with Crippen LogP contribution in [0.5, 0.6) is 0 Å². The molecule has 1 aliphatic rings. The molecule has 2 N–H and O–H groups in total. The molecule has 1 saturated heterocycles. The van der Waals surface area contributed by atoms with Crippen molar-refractivity contribution in [3.8, 4) is 0 Å². The van der Waals surface area contributed by atoms with Crippen LogP contribution in [-0.4, -0.2) is 40.6 Å². The number of carbonyl (C=O) groups excluding carboxylic acids is 2. The van der Waals surface area contributed by atoms with Gasteiger partial charge in [-0.3, -0.25) is 9.59 Å². The Morgan fingerprint density at radius 2 is 2.00 bits per heavy atom. The fraction of sp³-hybridized carbons (Fsp3) is 0.304. The monoisotopic (exact) mass is 559 g/mol. The number of nitrogens with zero attached hydrogens (tertiary/aromatic N) is 3. The number of halogens is 5. The summed E-state index contributed by atoms with van der Waals surface area (Å²) in [6, 6.07) is 3.08. The molecule has 0 bridgehead atoms. The lowest BCUT2D eigenvalue weighted by molar-refractivity contribution is -0.137. The lowest BCUT2D eigenvalue weighted by Crippen LogP contribution is -2.31. The first-order valence-electron chi connectivity index (χ1n) is 10.7. The number of nitrogens with one attached hydrogen (secondary N) is 2. The van der Waals surface area contributed by atoms with Gasteiger partial charge in [-0.2, -0.15) is 13.2 Å². The summed E-state index contributed by atoms with van der Waals surface area (Å²) >= 11 is 13.1. The van der Waals surface area contributed by atoms with E-state index in [9.17, 15) is 22.8 Å². The number of likely N-dealkylation sites (tertiary alicyclic amines) is 1. The highest BCUT2D eigenvalue weighted by molar-refractivity contribution is 7.13. The minimum Gasteiger partial charge on any atom is -0.355 e. The first kappa shape index (κ1) is 27.7. The van der Waals surface area contributed by atoms with Gasteiger partial charge in [0.25, 0.3) is 5.91 Å². The van der Waals surface area contributed by atoms with Gasteiger partial charge in [0.1, 0.15) is 15.7 Å². The van der Waals surface area contributed by atoms with Crippen molar-refractivity contribution in [2.45, 2.75) is 32.5 Å². The minimum absolute atomic E-state index is 0.0229. The number of hydrogen-bond donors (Lipinski definition) is 2. The molecular formula is C23H22Cl2F3N5O2S. The van der Waals surface area contributed by atoms with Gasteiger partial charge in [0, 0.05) is 30.5 Å². The van der Waals surface area contributed by atoms with Gasteiger partial charge in [0.05, 0.1) is 28.4 Å². The summed E-state index contributed by atoms with van der Waals surface area (Å²) < 4.78 is 39.1. The van der Waals surface area contributed by atoms with Crippen LogP contribution < -0.4 is 10.6 Å². The molecule has 13 heteroatoms. The van der Waals surface area contributed by atoms with E-state index in [4.69, 9.17) is 23.2 Å². The Balaban J connectivity index is 1.63. The number of alkyl halides is 3. The quantitative estimate of drug-likeness (QED) is 0.253. The number of benzene rings is 1. The highest BCUT2D eigenvalue weighted by atomic mass is 35.5. The minimum atomic E-state index is -4.66. The fourth-order valence-corrected chi connectivity index (χ4v) is 4.59. The third kappa shape index (κ3) is 6.86. The second-order valence-corrected chi connectivity index (χ2v) is 9.62. The summed E-state index contributed by atoms with van der Waals surface area (Å²) in [7, 11) is 0. The average molecular weight is 560 g/mol. The number of carbonyl (C=O) groups is 2. The van der Waals surface area contributed by atoms with E-state index in [0.717, 1.165) is 49.4 Å². The molecule has 0 aliphatic carbocycles. The number of amidine groups is 1. The molecule has 7 nitrogen and oxygen atoms in total. The van der Waals surface area contributed by atoms with Crippen LogP contribution in [0.3, 0.4) is 0 Å². The van der Waals surface area contributed by atoms with Crippen LogP contribution in [0.15, 0.2) is 52.8 Å². The van der Waals surface area contributed by atoms with E-state index in [0.29, 0.717) is 10.8 Å². The number of thiazole rings is 1. The molecule has 0 spiro atoms. The summed E-state index contributed by atoms with van der Waals surface area (Å²) in [5.41, 5.74) is -0.852. The number of rotatable bonds is 7. The molecule has 2 amide bonds. The zero-order valence-electron chi connectivity index (χ0n) is 19.1. The van der Waals surface area contributed by atoms with Crippen LogP contribution in [0.1, 0.15) is 40.0 Å². The van der Waals surface area contributed by atoms with Gasteiger partial charge in [-0.15, -0.1) is 11.3 Å². The third-order valence-corrected chi connectivity index (χ3v) is 6.97. The Morgan fingerprint density at radius 1 is 1.31 bits per heavy atom. The summed E-state index contributed by atoms with van der Waals surface area (Å²) in [6.45, 7) is 6.78.